The summed E-state index contributed by atoms with van der Waals surface area (Å²) in [6.07, 6.45) is -2.49. The monoisotopic (exact) mass is 404 g/mol. The molecular weight excluding hydrogens is 389 g/mol. The van der Waals surface area contributed by atoms with Crippen LogP contribution < -0.4 is 9.47 Å². The Morgan fingerprint density at radius 3 is 2.76 bits per heavy atom. The topological polar surface area (TPSA) is 69.0 Å². The van der Waals surface area contributed by atoms with Crippen LogP contribution >= 0.6 is 0 Å². The molecule has 1 atom stereocenters. The number of ether oxygens (including phenoxy) is 2. The van der Waals surface area contributed by atoms with Crippen molar-refractivity contribution in [3.63, 3.8) is 0 Å². The summed E-state index contributed by atoms with van der Waals surface area (Å²) in [5, 5.41) is 4.14. The quantitative estimate of drug-likeness (QED) is 0.626. The number of fused-ring (bicyclic) bond motifs is 2. The van der Waals surface area contributed by atoms with E-state index in [-0.39, 0.29) is 24.2 Å². The molecule has 1 amide bonds. The van der Waals surface area contributed by atoms with Gasteiger partial charge in [0.1, 0.15) is 0 Å². The van der Waals surface area contributed by atoms with Crippen LogP contribution in [-0.4, -0.2) is 39.2 Å². The zero-order valence-electron chi connectivity index (χ0n) is 15.0. The van der Waals surface area contributed by atoms with Crippen molar-refractivity contribution >= 4 is 12.1 Å². The standard InChI is InChI=1S/C19H15F3N4O3/c20-19(21,22)17-7-12(11-3-4-15-16(6-11)29-10-28-15)23-18-8-13(24-26(17)18)14-2-1-5-25(14)9-27/h3-4,6-9,14H,1-2,5,10H2. The van der Waals surface area contributed by atoms with E-state index in [4.69, 9.17) is 9.47 Å². The lowest BCUT2D eigenvalue weighted by atomic mass is 10.1. The molecule has 4 heterocycles. The predicted octanol–water partition coefficient (Wildman–Crippen LogP) is 3.44. The molecule has 0 bridgehead atoms. The van der Waals surface area contributed by atoms with E-state index in [0.29, 0.717) is 42.1 Å². The minimum atomic E-state index is -4.63. The Hall–Kier alpha value is -3.30. The summed E-state index contributed by atoms with van der Waals surface area (Å²) in [5.41, 5.74) is 0.154. The Bertz CT molecular complexity index is 1110. The molecule has 10 heteroatoms. The molecule has 1 aromatic carbocycles. The zero-order chi connectivity index (χ0) is 20.2. The van der Waals surface area contributed by atoms with Crippen LogP contribution in [0.3, 0.4) is 0 Å². The smallest absolute Gasteiger partial charge is 0.433 e. The molecule has 3 aromatic rings. The summed E-state index contributed by atoms with van der Waals surface area (Å²) >= 11 is 0. The number of likely N-dealkylation sites (tertiary alicyclic amines) is 1. The first kappa shape index (κ1) is 17.8. The van der Waals surface area contributed by atoms with Crippen LogP contribution in [0.5, 0.6) is 11.5 Å². The van der Waals surface area contributed by atoms with E-state index in [0.717, 1.165) is 17.0 Å². The molecule has 0 spiro atoms. The second-order valence-electron chi connectivity index (χ2n) is 6.93. The van der Waals surface area contributed by atoms with Gasteiger partial charge in [0.25, 0.3) is 0 Å². The third-order valence-electron chi connectivity index (χ3n) is 5.18. The molecule has 1 fully saturated rings. The number of rotatable bonds is 3. The van der Waals surface area contributed by atoms with Crippen molar-refractivity contribution in [1.82, 2.24) is 19.5 Å². The maximum atomic E-state index is 13.8. The van der Waals surface area contributed by atoms with E-state index < -0.39 is 11.9 Å². The van der Waals surface area contributed by atoms with Crippen molar-refractivity contribution in [1.29, 1.82) is 0 Å². The van der Waals surface area contributed by atoms with Crippen molar-refractivity contribution in [3.8, 4) is 22.8 Å². The first-order valence-corrected chi connectivity index (χ1v) is 9.03. The molecule has 0 aliphatic carbocycles. The van der Waals surface area contributed by atoms with Gasteiger partial charge in [-0.1, -0.05) is 0 Å². The Kier molecular flexibility index (Phi) is 3.90. The van der Waals surface area contributed by atoms with E-state index in [9.17, 15) is 18.0 Å². The van der Waals surface area contributed by atoms with Gasteiger partial charge in [-0.05, 0) is 37.1 Å². The van der Waals surface area contributed by atoms with Crippen LogP contribution in [-0.2, 0) is 11.0 Å². The van der Waals surface area contributed by atoms with Crippen LogP contribution in [0.4, 0.5) is 13.2 Å². The van der Waals surface area contributed by atoms with Gasteiger partial charge in [-0.15, -0.1) is 0 Å². The fourth-order valence-electron chi connectivity index (χ4n) is 3.79. The lowest BCUT2D eigenvalue weighted by molar-refractivity contribution is -0.142. The van der Waals surface area contributed by atoms with Crippen LogP contribution in [0, 0.1) is 0 Å². The summed E-state index contributed by atoms with van der Waals surface area (Å²) in [7, 11) is 0. The largest absolute Gasteiger partial charge is 0.454 e. The third kappa shape index (κ3) is 2.95. The SMILES string of the molecule is O=CN1CCCC1c1cc2nc(-c3ccc4c(c3)OCO4)cc(C(F)(F)F)n2n1. The lowest BCUT2D eigenvalue weighted by Crippen LogP contribution is -2.21. The number of nitrogens with zero attached hydrogens (tertiary/aromatic N) is 4. The van der Waals surface area contributed by atoms with E-state index >= 15 is 0 Å². The highest BCUT2D eigenvalue weighted by Gasteiger charge is 2.36. The number of carbonyl (C=O) groups excluding carboxylic acids is 1. The van der Waals surface area contributed by atoms with Crippen LogP contribution in [0.15, 0.2) is 30.3 Å². The Labute approximate surface area is 162 Å². The fraction of sp³-hybridized carbons (Fsp3) is 0.316. The molecule has 2 aliphatic rings. The Morgan fingerprint density at radius 2 is 1.97 bits per heavy atom. The summed E-state index contributed by atoms with van der Waals surface area (Å²) in [4.78, 5) is 17.2. The number of carbonyl (C=O) groups is 1. The van der Waals surface area contributed by atoms with E-state index in [1.165, 1.54) is 6.07 Å². The highest BCUT2D eigenvalue weighted by Crippen LogP contribution is 2.38. The van der Waals surface area contributed by atoms with Gasteiger partial charge in [-0.25, -0.2) is 9.50 Å². The highest BCUT2D eigenvalue weighted by molar-refractivity contribution is 5.67. The highest BCUT2D eigenvalue weighted by atomic mass is 19.4. The molecular formula is C19H15F3N4O3. The predicted molar refractivity (Wildman–Crippen MR) is 94.3 cm³/mol. The molecule has 150 valence electrons. The van der Waals surface area contributed by atoms with E-state index in [2.05, 4.69) is 10.1 Å². The van der Waals surface area contributed by atoms with Crippen LogP contribution in [0.25, 0.3) is 16.9 Å². The van der Waals surface area contributed by atoms with Gasteiger partial charge in [-0.3, -0.25) is 4.79 Å². The number of alkyl halides is 3. The van der Waals surface area contributed by atoms with Crippen molar-refractivity contribution in [2.24, 2.45) is 0 Å². The maximum Gasteiger partial charge on any atom is 0.433 e. The molecule has 0 N–H and O–H groups in total. The molecule has 7 nitrogen and oxygen atoms in total. The summed E-state index contributed by atoms with van der Waals surface area (Å²) in [5.74, 6) is 0.993. The molecule has 2 aromatic heterocycles. The Balaban J connectivity index is 1.65. The normalized spacial score (nSPS) is 18.6. The van der Waals surface area contributed by atoms with Crippen molar-refractivity contribution < 1.29 is 27.4 Å². The van der Waals surface area contributed by atoms with Gasteiger partial charge in [0.05, 0.1) is 17.4 Å². The number of amides is 1. The van der Waals surface area contributed by atoms with Gasteiger partial charge in [-0.2, -0.15) is 18.3 Å². The number of aromatic nitrogens is 3. The molecule has 1 saturated heterocycles. The molecule has 0 saturated carbocycles. The second kappa shape index (κ2) is 6.36. The van der Waals surface area contributed by atoms with Gasteiger partial charge in [0, 0.05) is 18.2 Å². The minimum absolute atomic E-state index is 0.0691. The zero-order valence-corrected chi connectivity index (χ0v) is 15.0. The summed E-state index contributed by atoms with van der Waals surface area (Å²) in [6.45, 7) is 0.629. The van der Waals surface area contributed by atoms with Crippen molar-refractivity contribution in [2.45, 2.75) is 25.1 Å². The van der Waals surface area contributed by atoms with Gasteiger partial charge < -0.3 is 14.4 Å². The number of halogens is 3. The third-order valence-corrected chi connectivity index (χ3v) is 5.18. The first-order chi connectivity index (χ1) is 13.9. The summed E-state index contributed by atoms with van der Waals surface area (Å²) in [6, 6.07) is 7.01. The van der Waals surface area contributed by atoms with Gasteiger partial charge >= 0.3 is 6.18 Å². The number of hydrogen-bond acceptors (Lipinski definition) is 5. The van der Waals surface area contributed by atoms with E-state index in [1.54, 1.807) is 23.1 Å². The molecule has 1 unspecified atom stereocenters. The molecule has 29 heavy (non-hydrogen) atoms. The van der Waals surface area contributed by atoms with Gasteiger partial charge in [0.15, 0.2) is 22.8 Å². The maximum absolute atomic E-state index is 13.8. The summed E-state index contributed by atoms with van der Waals surface area (Å²) < 4.78 is 52.6. The van der Waals surface area contributed by atoms with Crippen LogP contribution in [0.1, 0.15) is 30.3 Å². The first-order valence-electron chi connectivity index (χ1n) is 9.03. The molecule has 0 radical (unpaired) electrons. The van der Waals surface area contributed by atoms with Crippen molar-refractivity contribution in [3.05, 3.63) is 41.7 Å². The molecule has 2 aliphatic heterocycles. The van der Waals surface area contributed by atoms with E-state index in [1.807, 2.05) is 0 Å². The average Bonchev–Trinajstić information content (AvgIpc) is 3.43. The number of benzene rings is 1. The number of hydrogen-bond donors (Lipinski definition) is 0. The Morgan fingerprint density at radius 1 is 1.14 bits per heavy atom. The second-order valence-corrected chi connectivity index (χ2v) is 6.93. The minimum Gasteiger partial charge on any atom is -0.454 e. The fourth-order valence-corrected chi connectivity index (χ4v) is 3.79. The molecule has 5 rings (SSSR count). The van der Waals surface area contributed by atoms with Crippen LogP contribution in [0.2, 0.25) is 0 Å². The average molecular weight is 404 g/mol. The van der Waals surface area contributed by atoms with Crippen molar-refractivity contribution in [2.75, 3.05) is 13.3 Å². The lowest BCUT2D eigenvalue weighted by Gasteiger charge is -2.17. The van der Waals surface area contributed by atoms with Gasteiger partial charge in [0.2, 0.25) is 13.2 Å².